The molecule has 1 heterocycles. The molecule has 1 unspecified atom stereocenters. The third-order valence-corrected chi connectivity index (χ3v) is 3.35. The maximum atomic E-state index is 12.2. The number of rotatable bonds is 3. The summed E-state index contributed by atoms with van der Waals surface area (Å²) in [5, 5.41) is 0.568. The Balaban J connectivity index is 2.50. The highest BCUT2D eigenvalue weighted by Gasteiger charge is 2.19. The Labute approximate surface area is 119 Å². The lowest BCUT2D eigenvalue weighted by atomic mass is 9.92. The zero-order valence-corrected chi connectivity index (χ0v) is 12.8. The molecule has 0 aliphatic carbocycles. The summed E-state index contributed by atoms with van der Waals surface area (Å²) in [6, 6.07) is 7.00. The molecule has 2 aromatic rings. The van der Waals surface area contributed by atoms with Crippen LogP contribution < -0.4 is 10.2 Å². The fourth-order valence-corrected chi connectivity index (χ4v) is 1.89. The summed E-state index contributed by atoms with van der Waals surface area (Å²) in [6.07, 6.45) is 1.06. The fraction of sp³-hybridized carbons (Fsp3) is 0.471. The van der Waals surface area contributed by atoms with E-state index in [4.69, 9.17) is 9.15 Å². The molecule has 0 saturated heterocycles. The highest BCUT2D eigenvalue weighted by molar-refractivity contribution is 5.78. The molecule has 0 aliphatic heterocycles. The second kappa shape index (κ2) is 5.31. The molecule has 108 valence electrons. The molecule has 2 rings (SSSR count). The van der Waals surface area contributed by atoms with Gasteiger partial charge in [-0.3, -0.25) is 4.79 Å². The first-order valence-corrected chi connectivity index (χ1v) is 7.06. The van der Waals surface area contributed by atoms with Crippen molar-refractivity contribution in [3.8, 4) is 5.75 Å². The monoisotopic (exact) mass is 274 g/mol. The van der Waals surface area contributed by atoms with E-state index in [-0.39, 0.29) is 16.9 Å². The van der Waals surface area contributed by atoms with E-state index in [9.17, 15) is 4.79 Å². The smallest absolute Gasteiger partial charge is 0.193 e. The lowest BCUT2D eigenvalue weighted by Gasteiger charge is -2.17. The van der Waals surface area contributed by atoms with Gasteiger partial charge in [-0.2, -0.15) is 0 Å². The fourth-order valence-electron chi connectivity index (χ4n) is 1.89. The van der Waals surface area contributed by atoms with Gasteiger partial charge in [-0.1, -0.05) is 27.7 Å². The zero-order valence-electron chi connectivity index (χ0n) is 12.8. The van der Waals surface area contributed by atoms with Crippen molar-refractivity contribution in [3.63, 3.8) is 0 Å². The van der Waals surface area contributed by atoms with Crippen molar-refractivity contribution in [2.24, 2.45) is 0 Å². The van der Waals surface area contributed by atoms with Crippen molar-refractivity contribution in [1.82, 2.24) is 0 Å². The van der Waals surface area contributed by atoms with E-state index in [1.807, 2.05) is 39.8 Å². The number of hydrogen-bond donors (Lipinski definition) is 0. The van der Waals surface area contributed by atoms with Crippen LogP contribution >= 0.6 is 0 Å². The highest BCUT2D eigenvalue weighted by atomic mass is 16.5. The van der Waals surface area contributed by atoms with Crippen LogP contribution in [0.2, 0.25) is 0 Å². The third kappa shape index (κ3) is 3.03. The molecule has 0 bridgehead atoms. The van der Waals surface area contributed by atoms with Crippen molar-refractivity contribution >= 4 is 11.0 Å². The molecule has 3 heteroatoms. The molecule has 0 aliphatic rings. The van der Waals surface area contributed by atoms with Crippen LogP contribution in [0.4, 0.5) is 0 Å². The molecule has 1 aromatic heterocycles. The first-order valence-electron chi connectivity index (χ1n) is 7.06. The van der Waals surface area contributed by atoms with Gasteiger partial charge in [0.15, 0.2) is 5.43 Å². The molecule has 3 nitrogen and oxygen atoms in total. The molecule has 0 spiro atoms. The van der Waals surface area contributed by atoms with Gasteiger partial charge >= 0.3 is 0 Å². The SMILES string of the molecule is CCC(C)Oc1ccc2oc(C(C)(C)C)cc(=O)c2c1. The zero-order chi connectivity index (χ0) is 14.9. The molecule has 1 atom stereocenters. The summed E-state index contributed by atoms with van der Waals surface area (Å²) in [7, 11) is 0. The minimum atomic E-state index is -0.181. The Morgan fingerprint density at radius 3 is 2.55 bits per heavy atom. The summed E-state index contributed by atoms with van der Waals surface area (Å²) in [4.78, 5) is 12.2. The van der Waals surface area contributed by atoms with E-state index in [1.54, 1.807) is 12.1 Å². The standard InChI is InChI=1S/C17H22O3/c1-6-11(2)19-12-7-8-15-13(9-12)14(18)10-16(20-15)17(3,4)5/h7-11H,6H2,1-5H3. The van der Waals surface area contributed by atoms with Crippen LogP contribution in [0.15, 0.2) is 33.5 Å². The summed E-state index contributed by atoms with van der Waals surface area (Å²) in [5.41, 5.74) is 0.406. The Kier molecular flexibility index (Phi) is 3.89. The van der Waals surface area contributed by atoms with Crippen LogP contribution in [0.25, 0.3) is 11.0 Å². The number of benzene rings is 1. The molecular formula is C17H22O3. The average Bonchev–Trinajstić information content (AvgIpc) is 2.38. The number of ether oxygens (including phenoxy) is 1. The normalized spacial score (nSPS) is 13.4. The molecule has 20 heavy (non-hydrogen) atoms. The van der Waals surface area contributed by atoms with Crippen LogP contribution in [0.1, 0.15) is 46.8 Å². The van der Waals surface area contributed by atoms with Gasteiger partial charge in [0.1, 0.15) is 17.1 Å². The van der Waals surface area contributed by atoms with E-state index < -0.39 is 0 Å². The second-order valence-corrected chi connectivity index (χ2v) is 6.22. The predicted molar refractivity (Wildman–Crippen MR) is 81.6 cm³/mol. The first kappa shape index (κ1) is 14.6. The van der Waals surface area contributed by atoms with Crippen LogP contribution in [0, 0.1) is 0 Å². The van der Waals surface area contributed by atoms with Gasteiger partial charge in [-0.15, -0.1) is 0 Å². The average molecular weight is 274 g/mol. The van der Waals surface area contributed by atoms with Crippen LogP contribution in [0.3, 0.4) is 0 Å². The van der Waals surface area contributed by atoms with Crippen molar-refractivity contribution in [2.45, 2.75) is 52.6 Å². The van der Waals surface area contributed by atoms with E-state index in [0.29, 0.717) is 22.5 Å². The molecule has 1 aromatic carbocycles. The Morgan fingerprint density at radius 1 is 1.25 bits per heavy atom. The lowest BCUT2D eigenvalue weighted by molar-refractivity contribution is 0.217. The van der Waals surface area contributed by atoms with E-state index in [0.717, 1.165) is 6.42 Å². The Morgan fingerprint density at radius 2 is 1.95 bits per heavy atom. The van der Waals surface area contributed by atoms with Gasteiger partial charge in [0.2, 0.25) is 0 Å². The molecule has 0 radical (unpaired) electrons. The summed E-state index contributed by atoms with van der Waals surface area (Å²) < 4.78 is 11.6. The van der Waals surface area contributed by atoms with E-state index >= 15 is 0 Å². The van der Waals surface area contributed by atoms with Crippen molar-refractivity contribution in [1.29, 1.82) is 0 Å². The third-order valence-electron chi connectivity index (χ3n) is 3.35. The van der Waals surface area contributed by atoms with Gasteiger partial charge in [0.25, 0.3) is 0 Å². The van der Waals surface area contributed by atoms with Crippen molar-refractivity contribution in [3.05, 3.63) is 40.2 Å². The van der Waals surface area contributed by atoms with Gasteiger partial charge < -0.3 is 9.15 Å². The molecule has 0 fully saturated rings. The van der Waals surface area contributed by atoms with E-state index in [2.05, 4.69) is 6.92 Å². The van der Waals surface area contributed by atoms with Gasteiger partial charge in [0, 0.05) is 11.5 Å². The quantitative estimate of drug-likeness (QED) is 0.839. The molecule has 0 saturated carbocycles. The summed E-state index contributed by atoms with van der Waals surface area (Å²) in [5.74, 6) is 1.41. The predicted octanol–water partition coefficient (Wildman–Crippen LogP) is 4.27. The highest BCUT2D eigenvalue weighted by Crippen LogP contribution is 2.26. The number of hydrogen-bond acceptors (Lipinski definition) is 3. The van der Waals surface area contributed by atoms with Gasteiger partial charge in [0.05, 0.1) is 11.5 Å². The molecule has 0 N–H and O–H groups in total. The second-order valence-electron chi connectivity index (χ2n) is 6.22. The van der Waals surface area contributed by atoms with Crippen LogP contribution in [0.5, 0.6) is 5.75 Å². The Hall–Kier alpha value is -1.77. The minimum Gasteiger partial charge on any atom is -0.491 e. The Bertz CT molecular complexity index is 662. The van der Waals surface area contributed by atoms with Crippen molar-refractivity contribution < 1.29 is 9.15 Å². The maximum absolute atomic E-state index is 12.2. The van der Waals surface area contributed by atoms with Crippen LogP contribution in [-0.2, 0) is 5.41 Å². The first-order chi connectivity index (χ1) is 9.31. The number of fused-ring (bicyclic) bond motifs is 1. The minimum absolute atomic E-state index is 0.0224. The topological polar surface area (TPSA) is 39.4 Å². The summed E-state index contributed by atoms with van der Waals surface area (Å²) >= 11 is 0. The van der Waals surface area contributed by atoms with Crippen molar-refractivity contribution in [2.75, 3.05) is 0 Å². The van der Waals surface area contributed by atoms with Gasteiger partial charge in [-0.05, 0) is 31.5 Å². The maximum Gasteiger partial charge on any atom is 0.193 e. The van der Waals surface area contributed by atoms with Crippen LogP contribution in [-0.4, -0.2) is 6.10 Å². The van der Waals surface area contributed by atoms with Gasteiger partial charge in [-0.25, -0.2) is 0 Å². The lowest BCUT2D eigenvalue weighted by Crippen LogP contribution is -2.15. The molecule has 0 amide bonds. The molecular weight excluding hydrogens is 252 g/mol. The largest absolute Gasteiger partial charge is 0.491 e. The van der Waals surface area contributed by atoms with E-state index in [1.165, 1.54) is 0 Å². The summed E-state index contributed by atoms with van der Waals surface area (Å²) in [6.45, 7) is 10.2.